The molecule has 0 aliphatic carbocycles. The molecular formula is C14H17BrF3NO2. The third-order valence-corrected chi connectivity index (χ3v) is 3.38. The molecule has 0 radical (unpaired) electrons. The summed E-state index contributed by atoms with van der Waals surface area (Å²) < 4.78 is 43.6. The highest BCUT2D eigenvalue weighted by Crippen LogP contribution is 2.36. The molecule has 118 valence electrons. The van der Waals surface area contributed by atoms with E-state index in [1.165, 1.54) is 19.2 Å². The van der Waals surface area contributed by atoms with Crippen molar-refractivity contribution in [1.29, 1.82) is 0 Å². The first-order valence-corrected chi connectivity index (χ1v) is 7.31. The van der Waals surface area contributed by atoms with Gasteiger partial charge < -0.3 is 10.1 Å². The number of alkyl halides is 3. The van der Waals surface area contributed by atoms with E-state index in [0.717, 1.165) is 12.5 Å². The highest BCUT2D eigenvalue weighted by molar-refractivity contribution is 9.10. The van der Waals surface area contributed by atoms with Crippen molar-refractivity contribution in [3.8, 4) is 0 Å². The van der Waals surface area contributed by atoms with Gasteiger partial charge >= 0.3 is 12.1 Å². The Morgan fingerprint density at radius 1 is 1.29 bits per heavy atom. The second-order valence-electron chi connectivity index (χ2n) is 4.50. The molecule has 0 bridgehead atoms. The Morgan fingerprint density at radius 3 is 2.62 bits per heavy atom. The Morgan fingerprint density at radius 2 is 2.00 bits per heavy atom. The number of hydrogen-bond donors (Lipinski definition) is 1. The Bertz CT molecular complexity index is 478. The van der Waals surface area contributed by atoms with Crippen LogP contribution in [0.4, 0.5) is 18.9 Å². The quantitative estimate of drug-likeness (QED) is 0.564. The molecule has 1 aromatic carbocycles. The molecule has 1 N–H and O–H groups in total. The van der Waals surface area contributed by atoms with E-state index in [0.29, 0.717) is 30.3 Å². The van der Waals surface area contributed by atoms with Crippen LogP contribution < -0.4 is 5.32 Å². The van der Waals surface area contributed by atoms with Crippen LogP contribution in [0.15, 0.2) is 22.7 Å². The van der Waals surface area contributed by atoms with E-state index in [9.17, 15) is 18.0 Å². The second-order valence-corrected chi connectivity index (χ2v) is 5.42. The topological polar surface area (TPSA) is 38.3 Å². The van der Waals surface area contributed by atoms with Gasteiger partial charge in [0.05, 0.1) is 12.7 Å². The Hall–Kier alpha value is -1.24. The number of carbonyl (C=O) groups excluding carboxylic acids is 1. The minimum absolute atomic E-state index is 0.0600. The highest BCUT2D eigenvalue weighted by Gasteiger charge is 2.33. The van der Waals surface area contributed by atoms with Gasteiger partial charge in [-0.1, -0.05) is 22.4 Å². The summed E-state index contributed by atoms with van der Waals surface area (Å²) in [7, 11) is 1.33. The highest BCUT2D eigenvalue weighted by atomic mass is 79.9. The Labute approximate surface area is 130 Å². The molecule has 0 fully saturated rings. The fraction of sp³-hybridized carbons (Fsp3) is 0.500. The molecule has 0 heterocycles. The predicted octanol–water partition coefficient (Wildman–Crippen LogP) is 4.61. The van der Waals surface area contributed by atoms with Crippen LogP contribution in [0.2, 0.25) is 0 Å². The average molecular weight is 368 g/mol. The molecule has 0 unspecified atom stereocenters. The summed E-state index contributed by atoms with van der Waals surface area (Å²) in [6.45, 7) is 0.417. The molecule has 0 amide bonds. The molecule has 0 spiro atoms. The van der Waals surface area contributed by atoms with Gasteiger partial charge in [0.25, 0.3) is 0 Å². The smallest absolute Gasteiger partial charge is 0.418 e. The number of carbonyl (C=O) groups is 1. The number of methoxy groups -OCH3 is 1. The van der Waals surface area contributed by atoms with Crippen molar-refractivity contribution in [1.82, 2.24) is 0 Å². The largest absolute Gasteiger partial charge is 0.469 e. The standard InChI is InChI=1S/C14H17BrF3NO2/c1-21-13(20)5-3-2-4-8-19-12-9-10(15)6-7-11(12)14(16,17)18/h6-7,9,19H,2-5,8H2,1H3. The molecule has 1 aromatic rings. The monoisotopic (exact) mass is 367 g/mol. The fourth-order valence-corrected chi connectivity index (χ4v) is 2.17. The maximum atomic E-state index is 12.8. The van der Waals surface area contributed by atoms with Crippen LogP contribution in [-0.2, 0) is 15.7 Å². The zero-order valence-electron chi connectivity index (χ0n) is 11.6. The molecule has 0 aromatic heterocycles. The van der Waals surface area contributed by atoms with Crippen LogP contribution in [0.3, 0.4) is 0 Å². The van der Waals surface area contributed by atoms with Gasteiger partial charge in [-0.25, -0.2) is 0 Å². The molecule has 0 atom stereocenters. The Kier molecular flexibility index (Phi) is 7.01. The van der Waals surface area contributed by atoms with Gasteiger partial charge in [0.2, 0.25) is 0 Å². The summed E-state index contributed by atoms with van der Waals surface area (Å²) in [5.41, 5.74) is -0.620. The van der Waals surface area contributed by atoms with E-state index in [-0.39, 0.29) is 11.7 Å². The van der Waals surface area contributed by atoms with Gasteiger partial charge in [-0.05, 0) is 31.0 Å². The van der Waals surface area contributed by atoms with E-state index < -0.39 is 11.7 Å². The second kappa shape index (κ2) is 8.26. The van der Waals surface area contributed by atoms with E-state index in [1.54, 1.807) is 0 Å². The normalized spacial score (nSPS) is 11.3. The van der Waals surface area contributed by atoms with Crippen LogP contribution in [0, 0.1) is 0 Å². The van der Waals surface area contributed by atoms with E-state index in [2.05, 4.69) is 26.0 Å². The predicted molar refractivity (Wildman–Crippen MR) is 78.1 cm³/mol. The lowest BCUT2D eigenvalue weighted by molar-refractivity contribution is -0.140. The van der Waals surface area contributed by atoms with Crippen LogP contribution in [-0.4, -0.2) is 19.6 Å². The molecule has 7 heteroatoms. The summed E-state index contributed by atoms with van der Waals surface area (Å²) in [6.07, 6.45) is -1.95. The summed E-state index contributed by atoms with van der Waals surface area (Å²) in [5.74, 6) is -0.269. The zero-order chi connectivity index (χ0) is 15.9. The lowest BCUT2D eigenvalue weighted by Gasteiger charge is -2.15. The van der Waals surface area contributed by atoms with Gasteiger partial charge in [-0.3, -0.25) is 4.79 Å². The van der Waals surface area contributed by atoms with Crippen LogP contribution >= 0.6 is 15.9 Å². The summed E-state index contributed by atoms with van der Waals surface area (Å²) in [4.78, 5) is 10.9. The number of ether oxygens (including phenoxy) is 1. The maximum absolute atomic E-state index is 12.8. The summed E-state index contributed by atoms with van der Waals surface area (Å²) in [5, 5.41) is 2.80. The molecule has 3 nitrogen and oxygen atoms in total. The first-order chi connectivity index (χ1) is 9.84. The van der Waals surface area contributed by atoms with Crippen molar-refractivity contribution in [2.24, 2.45) is 0 Å². The lowest BCUT2D eigenvalue weighted by Crippen LogP contribution is -2.11. The number of unbranched alkanes of at least 4 members (excludes halogenated alkanes) is 2. The van der Waals surface area contributed by atoms with Crippen LogP contribution in [0.1, 0.15) is 31.2 Å². The van der Waals surface area contributed by atoms with Gasteiger partial charge in [-0.15, -0.1) is 0 Å². The van der Waals surface area contributed by atoms with Crippen molar-refractivity contribution >= 4 is 27.6 Å². The number of rotatable bonds is 7. The third kappa shape index (κ3) is 6.37. The number of anilines is 1. The SMILES string of the molecule is COC(=O)CCCCCNc1cc(Br)ccc1C(F)(F)F. The van der Waals surface area contributed by atoms with E-state index >= 15 is 0 Å². The molecule has 1 rings (SSSR count). The minimum Gasteiger partial charge on any atom is -0.469 e. The van der Waals surface area contributed by atoms with Gasteiger partial charge in [-0.2, -0.15) is 13.2 Å². The fourth-order valence-electron chi connectivity index (χ4n) is 1.81. The van der Waals surface area contributed by atoms with Crippen LogP contribution in [0.25, 0.3) is 0 Å². The molecule has 0 aliphatic rings. The summed E-state index contributed by atoms with van der Waals surface area (Å²) >= 11 is 3.16. The van der Waals surface area contributed by atoms with Gasteiger partial charge in [0, 0.05) is 23.1 Å². The van der Waals surface area contributed by atoms with Crippen LogP contribution in [0.5, 0.6) is 0 Å². The summed E-state index contributed by atoms with van der Waals surface area (Å²) in [6, 6.07) is 3.82. The third-order valence-electron chi connectivity index (χ3n) is 2.89. The molecule has 0 saturated carbocycles. The number of esters is 1. The number of hydrogen-bond acceptors (Lipinski definition) is 3. The first kappa shape index (κ1) is 17.8. The maximum Gasteiger partial charge on any atom is 0.418 e. The number of benzene rings is 1. The molecule has 0 aliphatic heterocycles. The first-order valence-electron chi connectivity index (χ1n) is 6.52. The lowest BCUT2D eigenvalue weighted by atomic mass is 10.1. The minimum atomic E-state index is -4.38. The van der Waals surface area contributed by atoms with Crippen molar-refractivity contribution in [3.63, 3.8) is 0 Å². The molecule has 0 saturated heterocycles. The number of halogens is 4. The molecule has 21 heavy (non-hydrogen) atoms. The van der Waals surface area contributed by atoms with E-state index in [4.69, 9.17) is 0 Å². The average Bonchev–Trinajstić information content (AvgIpc) is 2.41. The van der Waals surface area contributed by atoms with Crippen molar-refractivity contribution in [2.45, 2.75) is 31.9 Å². The van der Waals surface area contributed by atoms with E-state index in [1.807, 2.05) is 0 Å². The molecular weight excluding hydrogens is 351 g/mol. The Balaban J connectivity index is 2.45. The van der Waals surface area contributed by atoms with Crippen molar-refractivity contribution in [2.75, 3.05) is 19.0 Å². The number of nitrogens with one attached hydrogen (secondary N) is 1. The van der Waals surface area contributed by atoms with Gasteiger partial charge in [0.15, 0.2) is 0 Å². The van der Waals surface area contributed by atoms with Crippen molar-refractivity contribution in [3.05, 3.63) is 28.2 Å². The zero-order valence-corrected chi connectivity index (χ0v) is 13.2. The van der Waals surface area contributed by atoms with Crippen molar-refractivity contribution < 1.29 is 22.7 Å². The van der Waals surface area contributed by atoms with Gasteiger partial charge in [0.1, 0.15) is 0 Å².